The summed E-state index contributed by atoms with van der Waals surface area (Å²) >= 11 is 7.62. The number of halogens is 1. The zero-order valence-corrected chi connectivity index (χ0v) is 15.7. The number of nitrogens with zero attached hydrogens (tertiary/aromatic N) is 4. The number of carbonyl (C=O) groups excluding carboxylic acids is 1. The summed E-state index contributed by atoms with van der Waals surface area (Å²) in [5, 5.41) is 9.41. The molecular formula is C17H18ClN5OS. The van der Waals surface area contributed by atoms with E-state index in [1.165, 1.54) is 18.1 Å². The van der Waals surface area contributed by atoms with E-state index in [4.69, 9.17) is 11.6 Å². The van der Waals surface area contributed by atoms with Crippen LogP contribution in [0, 0.1) is 0 Å². The third kappa shape index (κ3) is 4.11. The largest absolute Gasteiger partial charge is 0.351 e. The van der Waals surface area contributed by atoms with Crippen LogP contribution in [0.2, 0.25) is 5.02 Å². The van der Waals surface area contributed by atoms with Crippen molar-refractivity contribution in [3.63, 3.8) is 0 Å². The highest BCUT2D eigenvalue weighted by Gasteiger charge is 2.16. The van der Waals surface area contributed by atoms with Gasteiger partial charge in [0.05, 0.1) is 28.0 Å². The standard InChI is InChI=1S/C17H18ClN5OS/c1-17(2,3)22-14(24)9-25-16-11-8-21-23(15(11)19-10-20-16)13-7-5-4-6-12(13)18/h4-8,10H,9H2,1-3H3,(H,22,24). The highest BCUT2D eigenvalue weighted by molar-refractivity contribution is 8.00. The van der Waals surface area contributed by atoms with Crippen LogP contribution in [0.15, 0.2) is 41.8 Å². The fraction of sp³-hybridized carbons (Fsp3) is 0.294. The molecule has 0 fully saturated rings. The molecule has 3 rings (SSSR count). The Bertz CT molecular complexity index is 919. The van der Waals surface area contributed by atoms with Crippen LogP contribution in [0.5, 0.6) is 0 Å². The van der Waals surface area contributed by atoms with Gasteiger partial charge in [-0.2, -0.15) is 5.10 Å². The number of nitrogens with one attached hydrogen (secondary N) is 1. The Labute approximate surface area is 155 Å². The number of thioether (sulfide) groups is 1. The topological polar surface area (TPSA) is 72.7 Å². The number of fused-ring (bicyclic) bond motifs is 1. The summed E-state index contributed by atoms with van der Waals surface area (Å²) in [6.07, 6.45) is 3.17. The Hall–Kier alpha value is -2.12. The Morgan fingerprint density at radius 1 is 1.28 bits per heavy atom. The smallest absolute Gasteiger partial charge is 0.230 e. The van der Waals surface area contributed by atoms with Crippen LogP contribution in [0.1, 0.15) is 20.8 Å². The number of aromatic nitrogens is 4. The highest BCUT2D eigenvalue weighted by atomic mass is 35.5. The van der Waals surface area contributed by atoms with Crippen molar-refractivity contribution in [2.45, 2.75) is 31.3 Å². The van der Waals surface area contributed by atoms with Gasteiger partial charge in [0.25, 0.3) is 0 Å². The van der Waals surface area contributed by atoms with Gasteiger partial charge in [-0.3, -0.25) is 4.79 Å². The second-order valence-electron chi connectivity index (χ2n) is 6.51. The molecule has 0 bridgehead atoms. The molecule has 0 saturated heterocycles. The Balaban J connectivity index is 1.87. The van der Waals surface area contributed by atoms with Crippen molar-refractivity contribution >= 4 is 40.3 Å². The lowest BCUT2D eigenvalue weighted by molar-refractivity contribution is -0.119. The van der Waals surface area contributed by atoms with Crippen LogP contribution in [0.3, 0.4) is 0 Å². The summed E-state index contributed by atoms with van der Waals surface area (Å²) in [5.41, 5.74) is 1.15. The van der Waals surface area contributed by atoms with Gasteiger partial charge in [-0.1, -0.05) is 35.5 Å². The molecule has 0 spiro atoms. The molecule has 8 heteroatoms. The second-order valence-corrected chi connectivity index (χ2v) is 7.88. The van der Waals surface area contributed by atoms with Crippen LogP contribution in [-0.2, 0) is 4.79 Å². The monoisotopic (exact) mass is 375 g/mol. The molecule has 1 amide bonds. The zero-order chi connectivity index (χ0) is 18.0. The number of para-hydroxylation sites is 1. The SMILES string of the molecule is CC(C)(C)NC(=O)CSc1ncnc2c1cnn2-c1ccccc1Cl. The lowest BCUT2D eigenvalue weighted by Gasteiger charge is -2.20. The van der Waals surface area contributed by atoms with E-state index in [1.54, 1.807) is 16.9 Å². The van der Waals surface area contributed by atoms with Gasteiger partial charge in [-0.05, 0) is 32.9 Å². The fourth-order valence-corrected chi connectivity index (χ4v) is 3.30. The van der Waals surface area contributed by atoms with Gasteiger partial charge in [0.2, 0.25) is 5.91 Å². The quantitative estimate of drug-likeness (QED) is 0.558. The average molecular weight is 376 g/mol. The Morgan fingerprint density at radius 3 is 2.76 bits per heavy atom. The Morgan fingerprint density at radius 2 is 2.04 bits per heavy atom. The van der Waals surface area contributed by atoms with Gasteiger partial charge >= 0.3 is 0 Å². The minimum absolute atomic E-state index is 0.0391. The van der Waals surface area contributed by atoms with E-state index in [2.05, 4.69) is 20.4 Å². The first-order valence-electron chi connectivity index (χ1n) is 7.72. The van der Waals surface area contributed by atoms with Crippen LogP contribution in [-0.4, -0.2) is 36.9 Å². The summed E-state index contributed by atoms with van der Waals surface area (Å²) in [4.78, 5) is 20.6. The van der Waals surface area contributed by atoms with E-state index in [0.29, 0.717) is 15.7 Å². The van der Waals surface area contributed by atoms with Gasteiger partial charge in [-0.15, -0.1) is 0 Å². The molecule has 1 N–H and O–H groups in total. The number of amides is 1. The van der Waals surface area contributed by atoms with Gasteiger partial charge in [0.1, 0.15) is 11.4 Å². The molecule has 130 valence electrons. The third-order valence-electron chi connectivity index (χ3n) is 3.26. The van der Waals surface area contributed by atoms with Crippen LogP contribution in [0.4, 0.5) is 0 Å². The minimum Gasteiger partial charge on any atom is -0.351 e. The van der Waals surface area contributed by atoms with E-state index in [9.17, 15) is 4.79 Å². The van der Waals surface area contributed by atoms with Crippen molar-refractivity contribution in [1.29, 1.82) is 0 Å². The molecule has 0 unspecified atom stereocenters. The maximum atomic E-state index is 12.0. The fourth-order valence-electron chi connectivity index (χ4n) is 2.33. The van der Waals surface area contributed by atoms with Crippen LogP contribution >= 0.6 is 23.4 Å². The molecule has 0 radical (unpaired) electrons. The zero-order valence-electron chi connectivity index (χ0n) is 14.2. The number of carbonyl (C=O) groups is 1. The van der Waals surface area contributed by atoms with Gasteiger partial charge in [-0.25, -0.2) is 14.6 Å². The lowest BCUT2D eigenvalue weighted by atomic mass is 10.1. The van der Waals surface area contributed by atoms with E-state index in [-0.39, 0.29) is 17.2 Å². The number of rotatable bonds is 4. The van der Waals surface area contributed by atoms with Crippen molar-refractivity contribution in [3.8, 4) is 5.69 Å². The van der Waals surface area contributed by atoms with Gasteiger partial charge < -0.3 is 5.32 Å². The lowest BCUT2D eigenvalue weighted by Crippen LogP contribution is -2.41. The summed E-state index contributed by atoms with van der Waals surface area (Å²) < 4.78 is 1.68. The van der Waals surface area contributed by atoms with E-state index in [1.807, 2.05) is 39.0 Å². The summed E-state index contributed by atoms with van der Waals surface area (Å²) in [6.45, 7) is 5.85. The van der Waals surface area contributed by atoms with Crippen LogP contribution < -0.4 is 5.32 Å². The molecule has 25 heavy (non-hydrogen) atoms. The summed E-state index contributed by atoms with van der Waals surface area (Å²) in [6, 6.07) is 7.43. The van der Waals surface area contributed by atoms with Crippen molar-refractivity contribution < 1.29 is 4.79 Å². The second kappa shape index (κ2) is 7.01. The molecule has 0 aliphatic heterocycles. The minimum atomic E-state index is -0.256. The molecular weight excluding hydrogens is 358 g/mol. The van der Waals surface area contributed by atoms with Gasteiger partial charge in [0, 0.05) is 5.54 Å². The molecule has 0 aliphatic carbocycles. The molecule has 2 heterocycles. The molecule has 0 saturated carbocycles. The maximum absolute atomic E-state index is 12.0. The molecule has 2 aromatic heterocycles. The van der Waals surface area contributed by atoms with E-state index in [0.717, 1.165) is 11.1 Å². The summed E-state index contributed by atoms with van der Waals surface area (Å²) in [7, 11) is 0. The average Bonchev–Trinajstić information content (AvgIpc) is 2.96. The number of benzene rings is 1. The van der Waals surface area contributed by atoms with Crippen molar-refractivity contribution in [2.24, 2.45) is 0 Å². The van der Waals surface area contributed by atoms with Crippen molar-refractivity contribution in [3.05, 3.63) is 41.8 Å². The molecule has 0 atom stereocenters. The maximum Gasteiger partial charge on any atom is 0.230 e. The first kappa shape index (κ1) is 17.7. The van der Waals surface area contributed by atoms with E-state index < -0.39 is 0 Å². The molecule has 6 nitrogen and oxygen atoms in total. The highest BCUT2D eigenvalue weighted by Crippen LogP contribution is 2.27. The first-order chi connectivity index (χ1) is 11.8. The van der Waals surface area contributed by atoms with E-state index >= 15 is 0 Å². The van der Waals surface area contributed by atoms with Crippen molar-refractivity contribution in [2.75, 3.05) is 5.75 Å². The van der Waals surface area contributed by atoms with Crippen molar-refractivity contribution in [1.82, 2.24) is 25.1 Å². The summed E-state index contributed by atoms with van der Waals surface area (Å²) in [5.74, 6) is 0.239. The molecule has 1 aromatic carbocycles. The Kier molecular flexibility index (Phi) is 4.96. The number of hydrogen-bond donors (Lipinski definition) is 1. The predicted octanol–water partition coefficient (Wildman–Crippen LogP) is 3.48. The first-order valence-corrected chi connectivity index (χ1v) is 9.09. The normalized spacial score (nSPS) is 11.7. The van der Waals surface area contributed by atoms with Crippen LogP contribution in [0.25, 0.3) is 16.7 Å². The number of hydrogen-bond acceptors (Lipinski definition) is 5. The third-order valence-corrected chi connectivity index (χ3v) is 4.59. The molecule has 0 aliphatic rings. The molecule has 3 aromatic rings. The van der Waals surface area contributed by atoms with Gasteiger partial charge in [0.15, 0.2) is 5.65 Å². The predicted molar refractivity (Wildman–Crippen MR) is 100 cm³/mol.